The van der Waals surface area contributed by atoms with Crippen molar-refractivity contribution in [2.24, 2.45) is 0 Å². The molecule has 1 aromatic carbocycles. The highest BCUT2D eigenvalue weighted by Gasteiger charge is 2.21. The maximum absolute atomic E-state index is 12.1. The zero-order valence-corrected chi connectivity index (χ0v) is 14.9. The highest BCUT2D eigenvalue weighted by atomic mass is 16.1. The van der Waals surface area contributed by atoms with Gasteiger partial charge in [0.1, 0.15) is 0 Å². The molecule has 2 aromatic heterocycles. The largest absolute Gasteiger partial charge is 0.329 e. The molecule has 3 aromatic rings. The molecule has 4 nitrogen and oxygen atoms in total. The molecule has 0 unspecified atom stereocenters. The first-order chi connectivity index (χ1) is 12.5. The van der Waals surface area contributed by atoms with Gasteiger partial charge in [-0.1, -0.05) is 32.0 Å². The van der Waals surface area contributed by atoms with Crippen LogP contribution in [0.5, 0.6) is 0 Å². The Morgan fingerprint density at radius 1 is 0.923 bits per heavy atom. The van der Waals surface area contributed by atoms with Gasteiger partial charge in [-0.25, -0.2) is 0 Å². The minimum atomic E-state index is -0.142. The average molecular weight is 344 g/mol. The Morgan fingerprint density at radius 3 is 2.54 bits per heavy atom. The Bertz CT molecular complexity index is 1060. The SMILES string of the molecule is CC(C)c1nc(-c2cc[nH]c(=O)c2)ccc1-c1ccc2c(c1)C(=O)CC2. The highest BCUT2D eigenvalue weighted by molar-refractivity contribution is 6.01. The minimum absolute atomic E-state index is 0.142. The summed E-state index contributed by atoms with van der Waals surface area (Å²) in [5.74, 6) is 0.442. The van der Waals surface area contributed by atoms with E-state index >= 15 is 0 Å². The van der Waals surface area contributed by atoms with Crippen LogP contribution in [-0.4, -0.2) is 15.8 Å². The summed E-state index contributed by atoms with van der Waals surface area (Å²) in [6, 6.07) is 13.5. The lowest BCUT2D eigenvalue weighted by Crippen LogP contribution is -2.04. The molecule has 0 bridgehead atoms. The highest BCUT2D eigenvalue weighted by Crippen LogP contribution is 2.33. The maximum atomic E-state index is 12.1. The second-order valence-corrected chi connectivity index (χ2v) is 7.02. The van der Waals surface area contributed by atoms with Crippen molar-refractivity contribution < 1.29 is 4.79 Å². The maximum Gasteiger partial charge on any atom is 0.248 e. The molecule has 130 valence electrons. The van der Waals surface area contributed by atoms with E-state index in [0.717, 1.165) is 45.6 Å². The fraction of sp³-hybridized carbons (Fsp3) is 0.227. The van der Waals surface area contributed by atoms with Crippen LogP contribution in [0.2, 0.25) is 0 Å². The van der Waals surface area contributed by atoms with Gasteiger partial charge in [-0.2, -0.15) is 0 Å². The molecule has 0 spiro atoms. The molecule has 2 heterocycles. The molecule has 1 aliphatic rings. The lowest BCUT2D eigenvalue weighted by Gasteiger charge is -2.15. The summed E-state index contributed by atoms with van der Waals surface area (Å²) >= 11 is 0. The number of rotatable bonds is 3. The fourth-order valence-electron chi connectivity index (χ4n) is 3.53. The number of aromatic amines is 1. The van der Waals surface area contributed by atoms with Gasteiger partial charge in [0.15, 0.2) is 5.78 Å². The van der Waals surface area contributed by atoms with Gasteiger partial charge in [0.05, 0.1) is 11.4 Å². The summed E-state index contributed by atoms with van der Waals surface area (Å²) < 4.78 is 0. The van der Waals surface area contributed by atoms with Gasteiger partial charge in [-0.3, -0.25) is 14.6 Å². The molecule has 26 heavy (non-hydrogen) atoms. The first-order valence-corrected chi connectivity index (χ1v) is 8.89. The van der Waals surface area contributed by atoms with Crippen molar-refractivity contribution in [3.8, 4) is 22.4 Å². The van der Waals surface area contributed by atoms with Crippen LogP contribution in [0.3, 0.4) is 0 Å². The number of aromatic nitrogens is 2. The van der Waals surface area contributed by atoms with Crippen LogP contribution in [0, 0.1) is 0 Å². The number of benzene rings is 1. The molecule has 4 heteroatoms. The van der Waals surface area contributed by atoms with Crippen LogP contribution < -0.4 is 5.56 Å². The van der Waals surface area contributed by atoms with Gasteiger partial charge >= 0.3 is 0 Å². The Kier molecular flexibility index (Phi) is 4.03. The summed E-state index contributed by atoms with van der Waals surface area (Å²) in [7, 11) is 0. The second kappa shape index (κ2) is 6.37. The van der Waals surface area contributed by atoms with Crippen LogP contribution in [0.1, 0.15) is 47.8 Å². The van der Waals surface area contributed by atoms with E-state index in [-0.39, 0.29) is 17.3 Å². The number of Topliss-reactive ketones (excluding diaryl/α,β-unsaturated/α-hetero) is 1. The second-order valence-electron chi connectivity index (χ2n) is 7.02. The van der Waals surface area contributed by atoms with E-state index in [1.54, 1.807) is 12.3 Å². The number of nitrogens with zero attached hydrogens (tertiary/aromatic N) is 1. The molecule has 4 rings (SSSR count). The summed E-state index contributed by atoms with van der Waals surface area (Å²) in [6.07, 6.45) is 3.08. The number of hydrogen-bond acceptors (Lipinski definition) is 3. The normalized spacial score (nSPS) is 13.3. The molecule has 0 saturated carbocycles. The molecule has 1 N–H and O–H groups in total. The fourth-order valence-corrected chi connectivity index (χ4v) is 3.53. The number of H-pyrrole nitrogens is 1. The van der Waals surface area contributed by atoms with E-state index in [1.165, 1.54) is 0 Å². The van der Waals surface area contributed by atoms with E-state index in [4.69, 9.17) is 4.98 Å². The van der Waals surface area contributed by atoms with Crippen LogP contribution >= 0.6 is 0 Å². The Labute approximate surface area is 151 Å². The zero-order valence-electron chi connectivity index (χ0n) is 14.9. The summed E-state index contributed by atoms with van der Waals surface area (Å²) in [5, 5.41) is 0. The third kappa shape index (κ3) is 2.88. The number of pyridine rings is 2. The molecule has 0 atom stereocenters. The van der Waals surface area contributed by atoms with E-state index < -0.39 is 0 Å². The van der Waals surface area contributed by atoms with Gasteiger partial charge < -0.3 is 4.98 Å². The third-order valence-corrected chi connectivity index (χ3v) is 4.89. The van der Waals surface area contributed by atoms with Gasteiger partial charge in [-0.15, -0.1) is 0 Å². The van der Waals surface area contributed by atoms with Crippen molar-refractivity contribution in [3.63, 3.8) is 0 Å². The molecule has 0 aliphatic heterocycles. The molecular weight excluding hydrogens is 324 g/mol. The van der Waals surface area contributed by atoms with Gasteiger partial charge in [-0.05, 0) is 41.7 Å². The molecule has 0 fully saturated rings. The summed E-state index contributed by atoms with van der Waals surface area (Å²) in [4.78, 5) is 31.1. The molecule has 0 amide bonds. The number of ketones is 1. The van der Waals surface area contributed by atoms with Gasteiger partial charge in [0.2, 0.25) is 5.56 Å². The standard InChI is InChI=1S/C22H20N2O2/c1-13(2)22-17(15-4-3-14-5-8-20(25)18(14)11-15)6-7-19(24-22)16-9-10-23-21(26)12-16/h3-4,6-7,9-13H,5,8H2,1-2H3,(H,23,26). The van der Waals surface area contributed by atoms with E-state index in [9.17, 15) is 9.59 Å². The number of aryl methyl sites for hydroxylation is 1. The number of carbonyl (C=O) groups is 1. The monoisotopic (exact) mass is 344 g/mol. The number of hydrogen-bond donors (Lipinski definition) is 1. The lowest BCUT2D eigenvalue weighted by molar-refractivity contribution is 0.0994. The first kappa shape index (κ1) is 16.5. The topological polar surface area (TPSA) is 62.8 Å². The van der Waals surface area contributed by atoms with Crippen molar-refractivity contribution in [1.82, 2.24) is 9.97 Å². The van der Waals surface area contributed by atoms with Crippen molar-refractivity contribution in [2.75, 3.05) is 0 Å². The van der Waals surface area contributed by atoms with Crippen molar-refractivity contribution in [1.29, 1.82) is 0 Å². The van der Waals surface area contributed by atoms with E-state index in [1.807, 2.05) is 24.3 Å². The number of carbonyl (C=O) groups excluding carboxylic acids is 1. The van der Waals surface area contributed by atoms with Crippen molar-refractivity contribution >= 4 is 5.78 Å². The molecule has 1 aliphatic carbocycles. The van der Waals surface area contributed by atoms with E-state index in [2.05, 4.69) is 31.0 Å². The van der Waals surface area contributed by atoms with Crippen LogP contribution in [0.4, 0.5) is 0 Å². The molecule has 0 radical (unpaired) electrons. The van der Waals surface area contributed by atoms with Crippen LogP contribution in [0.15, 0.2) is 53.5 Å². The number of fused-ring (bicyclic) bond motifs is 1. The Morgan fingerprint density at radius 2 is 1.77 bits per heavy atom. The van der Waals surface area contributed by atoms with Crippen molar-refractivity contribution in [3.05, 3.63) is 75.8 Å². The summed E-state index contributed by atoms with van der Waals surface area (Å²) in [5.41, 5.74) is 6.44. The first-order valence-electron chi connectivity index (χ1n) is 8.89. The predicted octanol–water partition coefficient (Wildman–Crippen LogP) is 4.36. The molecular formula is C22H20N2O2. The lowest BCUT2D eigenvalue weighted by atomic mass is 9.94. The summed E-state index contributed by atoms with van der Waals surface area (Å²) in [6.45, 7) is 4.21. The Hall–Kier alpha value is -3.01. The third-order valence-electron chi connectivity index (χ3n) is 4.89. The molecule has 0 saturated heterocycles. The average Bonchev–Trinajstić information content (AvgIpc) is 3.01. The zero-order chi connectivity index (χ0) is 18.3. The Balaban J connectivity index is 1.84. The van der Waals surface area contributed by atoms with Crippen LogP contribution in [0.25, 0.3) is 22.4 Å². The van der Waals surface area contributed by atoms with Gasteiger partial charge in [0.25, 0.3) is 0 Å². The van der Waals surface area contributed by atoms with Crippen LogP contribution in [-0.2, 0) is 6.42 Å². The quantitative estimate of drug-likeness (QED) is 0.768. The predicted molar refractivity (Wildman–Crippen MR) is 102 cm³/mol. The van der Waals surface area contributed by atoms with Crippen molar-refractivity contribution in [2.45, 2.75) is 32.6 Å². The number of nitrogens with one attached hydrogen (secondary N) is 1. The smallest absolute Gasteiger partial charge is 0.248 e. The minimum Gasteiger partial charge on any atom is -0.329 e. The van der Waals surface area contributed by atoms with E-state index in [0.29, 0.717) is 6.42 Å². The van der Waals surface area contributed by atoms with Gasteiger partial charge in [0, 0.05) is 35.4 Å².